The van der Waals surface area contributed by atoms with E-state index in [0.717, 1.165) is 47.6 Å². The van der Waals surface area contributed by atoms with Crippen LogP contribution in [-0.2, 0) is 0 Å². The Morgan fingerprint density at radius 1 is 1.17 bits per heavy atom. The number of carbonyl (C=O) groups excluding carboxylic acids is 1. The predicted octanol–water partition coefficient (Wildman–Crippen LogP) is 4.01. The van der Waals surface area contributed by atoms with Crippen molar-refractivity contribution < 1.29 is 4.79 Å². The SMILES string of the molecule is CN(C)c1ccc(NC(=O)N[C@@H]2CCN(C)[C@@H](c3nc4ccccc4[nH]3)C2)cc1.Cl. The molecule has 0 unspecified atom stereocenters. The van der Waals surface area contributed by atoms with Crippen LogP contribution in [0.15, 0.2) is 48.5 Å². The van der Waals surface area contributed by atoms with Crippen molar-refractivity contribution in [3.63, 3.8) is 0 Å². The van der Waals surface area contributed by atoms with E-state index in [2.05, 4.69) is 27.6 Å². The summed E-state index contributed by atoms with van der Waals surface area (Å²) in [6, 6.07) is 16.0. The second kappa shape index (κ2) is 9.36. The lowest BCUT2D eigenvalue weighted by Crippen LogP contribution is -2.46. The van der Waals surface area contributed by atoms with E-state index in [0.29, 0.717) is 0 Å². The van der Waals surface area contributed by atoms with Gasteiger partial charge in [0.1, 0.15) is 5.82 Å². The average molecular weight is 429 g/mol. The van der Waals surface area contributed by atoms with Crippen molar-refractivity contribution in [2.24, 2.45) is 0 Å². The van der Waals surface area contributed by atoms with Crippen LogP contribution >= 0.6 is 12.4 Å². The van der Waals surface area contributed by atoms with Crippen LogP contribution in [0.25, 0.3) is 11.0 Å². The Morgan fingerprint density at radius 2 is 1.90 bits per heavy atom. The fourth-order valence-electron chi connectivity index (χ4n) is 3.86. The van der Waals surface area contributed by atoms with E-state index in [9.17, 15) is 4.79 Å². The first-order valence-electron chi connectivity index (χ1n) is 9.99. The molecule has 3 aromatic rings. The summed E-state index contributed by atoms with van der Waals surface area (Å²) in [5.41, 5.74) is 3.91. The van der Waals surface area contributed by atoms with Gasteiger partial charge in [-0.05, 0) is 56.3 Å². The van der Waals surface area contributed by atoms with Crippen molar-refractivity contribution in [3.05, 3.63) is 54.4 Å². The molecule has 4 rings (SSSR count). The number of carbonyl (C=O) groups is 1. The molecular formula is C22H29ClN6O. The third kappa shape index (κ3) is 4.86. The van der Waals surface area contributed by atoms with Crippen LogP contribution < -0.4 is 15.5 Å². The van der Waals surface area contributed by atoms with Gasteiger partial charge in [-0.15, -0.1) is 12.4 Å². The van der Waals surface area contributed by atoms with E-state index in [1.807, 2.05) is 67.5 Å². The number of hydrogen-bond acceptors (Lipinski definition) is 4. The molecule has 7 nitrogen and oxygen atoms in total. The highest BCUT2D eigenvalue weighted by Crippen LogP contribution is 2.29. The molecular weight excluding hydrogens is 400 g/mol. The molecule has 2 amide bonds. The van der Waals surface area contributed by atoms with Gasteiger partial charge < -0.3 is 20.5 Å². The van der Waals surface area contributed by atoms with E-state index >= 15 is 0 Å². The van der Waals surface area contributed by atoms with Crippen LogP contribution in [0.3, 0.4) is 0 Å². The molecule has 2 aromatic carbocycles. The van der Waals surface area contributed by atoms with E-state index in [1.54, 1.807) is 0 Å². The van der Waals surface area contributed by atoms with Crippen molar-refractivity contribution in [2.75, 3.05) is 37.9 Å². The highest BCUT2D eigenvalue weighted by molar-refractivity contribution is 5.89. The number of aromatic amines is 1. The Hall–Kier alpha value is -2.77. The lowest BCUT2D eigenvalue weighted by atomic mass is 9.97. The number of fused-ring (bicyclic) bond motifs is 1. The minimum atomic E-state index is -0.166. The second-order valence-corrected chi connectivity index (χ2v) is 7.90. The molecule has 0 aliphatic carbocycles. The number of halogens is 1. The van der Waals surface area contributed by atoms with Crippen molar-refractivity contribution in [3.8, 4) is 0 Å². The number of nitrogens with one attached hydrogen (secondary N) is 3. The normalized spacial score (nSPS) is 19.2. The smallest absolute Gasteiger partial charge is 0.319 e. The summed E-state index contributed by atoms with van der Waals surface area (Å²) >= 11 is 0. The van der Waals surface area contributed by atoms with Gasteiger partial charge in [-0.1, -0.05) is 12.1 Å². The first kappa shape index (κ1) is 21.9. The largest absolute Gasteiger partial charge is 0.378 e. The minimum Gasteiger partial charge on any atom is -0.378 e. The molecule has 8 heteroatoms. The van der Waals surface area contributed by atoms with Gasteiger partial charge in [0.15, 0.2) is 0 Å². The summed E-state index contributed by atoms with van der Waals surface area (Å²) in [7, 11) is 6.10. The first-order valence-corrected chi connectivity index (χ1v) is 9.99. The number of benzene rings is 2. The molecule has 3 N–H and O–H groups in total. The standard InChI is InChI=1S/C22H28N6O.ClH/c1-27(2)17-10-8-15(9-11-17)23-22(29)24-16-12-13-28(3)20(14-16)21-25-18-6-4-5-7-19(18)26-21;/h4-11,16,20H,12-14H2,1-3H3,(H,25,26)(H2,23,24,29);1H/t16-,20-;/m1./s1. The quantitative estimate of drug-likeness (QED) is 0.586. The fraction of sp³-hybridized carbons (Fsp3) is 0.364. The van der Waals surface area contributed by atoms with Crippen LogP contribution in [0, 0.1) is 0 Å². The monoisotopic (exact) mass is 428 g/mol. The van der Waals surface area contributed by atoms with Crippen LogP contribution in [0.4, 0.5) is 16.2 Å². The molecule has 1 fully saturated rings. The number of aromatic nitrogens is 2. The molecule has 1 saturated heterocycles. The molecule has 2 atom stereocenters. The molecule has 160 valence electrons. The molecule has 0 spiro atoms. The van der Waals surface area contributed by atoms with Gasteiger partial charge in [0.2, 0.25) is 0 Å². The summed E-state index contributed by atoms with van der Waals surface area (Å²) in [6.45, 7) is 0.907. The maximum Gasteiger partial charge on any atom is 0.319 e. The third-order valence-corrected chi connectivity index (χ3v) is 5.57. The van der Waals surface area contributed by atoms with Crippen molar-refractivity contribution in [2.45, 2.75) is 24.9 Å². The van der Waals surface area contributed by atoms with Crippen LogP contribution in [0.1, 0.15) is 24.7 Å². The number of piperidine rings is 1. The Labute approximate surface area is 183 Å². The minimum absolute atomic E-state index is 0. The molecule has 2 heterocycles. The van der Waals surface area contributed by atoms with Gasteiger partial charge in [-0.2, -0.15) is 0 Å². The van der Waals surface area contributed by atoms with Gasteiger partial charge in [0.25, 0.3) is 0 Å². The summed E-state index contributed by atoms with van der Waals surface area (Å²) in [6.07, 6.45) is 1.74. The Balaban J connectivity index is 0.00000256. The lowest BCUT2D eigenvalue weighted by molar-refractivity contribution is 0.153. The lowest BCUT2D eigenvalue weighted by Gasteiger charge is -2.36. The molecule has 1 aromatic heterocycles. The average Bonchev–Trinajstić information content (AvgIpc) is 3.14. The Kier molecular flexibility index (Phi) is 6.84. The number of H-pyrrole nitrogens is 1. The number of amides is 2. The van der Waals surface area contributed by atoms with E-state index in [-0.39, 0.29) is 30.5 Å². The zero-order chi connectivity index (χ0) is 20.4. The third-order valence-electron chi connectivity index (χ3n) is 5.57. The van der Waals surface area contributed by atoms with Gasteiger partial charge >= 0.3 is 6.03 Å². The number of likely N-dealkylation sites (tertiary alicyclic amines) is 1. The van der Waals surface area contributed by atoms with Gasteiger partial charge in [-0.25, -0.2) is 9.78 Å². The maximum absolute atomic E-state index is 12.5. The molecule has 30 heavy (non-hydrogen) atoms. The number of urea groups is 1. The summed E-state index contributed by atoms with van der Waals surface area (Å²) in [4.78, 5) is 25.0. The number of anilines is 2. The predicted molar refractivity (Wildman–Crippen MR) is 125 cm³/mol. The van der Waals surface area contributed by atoms with Gasteiger partial charge in [0.05, 0.1) is 17.1 Å². The Bertz CT molecular complexity index is 954. The highest BCUT2D eigenvalue weighted by Gasteiger charge is 2.30. The van der Waals surface area contributed by atoms with E-state index in [4.69, 9.17) is 4.98 Å². The van der Waals surface area contributed by atoms with Gasteiger partial charge in [-0.3, -0.25) is 4.90 Å². The number of imidazole rings is 1. The molecule has 1 aliphatic heterocycles. The molecule has 0 saturated carbocycles. The van der Waals surface area contributed by atoms with Crippen molar-refractivity contribution in [1.29, 1.82) is 0 Å². The summed E-state index contributed by atoms with van der Waals surface area (Å²) in [5.74, 6) is 0.958. The number of rotatable bonds is 4. The topological polar surface area (TPSA) is 76.3 Å². The first-order chi connectivity index (χ1) is 14.0. The zero-order valence-corrected chi connectivity index (χ0v) is 18.4. The van der Waals surface area contributed by atoms with Gasteiger partial charge in [0, 0.05) is 38.1 Å². The van der Waals surface area contributed by atoms with Crippen LogP contribution in [0.2, 0.25) is 0 Å². The van der Waals surface area contributed by atoms with Crippen LogP contribution in [-0.4, -0.2) is 54.6 Å². The second-order valence-electron chi connectivity index (χ2n) is 7.90. The Morgan fingerprint density at radius 3 is 2.60 bits per heavy atom. The highest BCUT2D eigenvalue weighted by atomic mass is 35.5. The number of nitrogens with zero attached hydrogens (tertiary/aromatic N) is 3. The van der Waals surface area contributed by atoms with E-state index < -0.39 is 0 Å². The number of para-hydroxylation sites is 2. The van der Waals surface area contributed by atoms with Crippen molar-refractivity contribution >= 4 is 40.8 Å². The maximum atomic E-state index is 12.5. The van der Waals surface area contributed by atoms with Crippen LogP contribution in [0.5, 0.6) is 0 Å². The van der Waals surface area contributed by atoms with Crippen molar-refractivity contribution in [1.82, 2.24) is 20.2 Å². The number of hydrogen-bond donors (Lipinski definition) is 3. The summed E-state index contributed by atoms with van der Waals surface area (Å²) in [5, 5.41) is 6.07. The molecule has 1 aliphatic rings. The van der Waals surface area contributed by atoms with E-state index in [1.165, 1.54) is 0 Å². The molecule has 0 bridgehead atoms. The molecule has 0 radical (unpaired) electrons. The summed E-state index contributed by atoms with van der Waals surface area (Å²) < 4.78 is 0. The zero-order valence-electron chi connectivity index (χ0n) is 17.6. The fourth-order valence-corrected chi connectivity index (χ4v) is 3.86.